The molecule has 0 spiro atoms. The van der Waals surface area contributed by atoms with Gasteiger partial charge in [-0.05, 0) is 18.2 Å². The van der Waals surface area contributed by atoms with Gasteiger partial charge in [0.1, 0.15) is 18.3 Å². The third-order valence-corrected chi connectivity index (χ3v) is 6.94. The number of fused-ring (bicyclic) bond motifs is 1. The van der Waals surface area contributed by atoms with Crippen LogP contribution in [0.4, 0.5) is 5.95 Å². The minimum absolute atomic E-state index is 0.0546. The number of sulfonamides is 1. The van der Waals surface area contributed by atoms with E-state index in [4.69, 9.17) is 9.47 Å². The summed E-state index contributed by atoms with van der Waals surface area (Å²) in [5, 5.41) is 12.5. The molecule has 9 nitrogen and oxygen atoms in total. The van der Waals surface area contributed by atoms with E-state index in [1.165, 1.54) is 12.1 Å². The first kappa shape index (κ1) is 21.6. The minimum atomic E-state index is -3.90. The van der Waals surface area contributed by atoms with Gasteiger partial charge in [-0.25, -0.2) is 23.1 Å². The second-order valence-corrected chi connectivity index (χ2v) is 10.4. The van der Waals surface area contributed by atoms with Gasteiger partial charge in [-0.15, -0.1) is 0 Å². The van der Waals surface area contributed by atoms with E-state index in [-0.39, 0.29) is 34.6 Å². The molecule has 2 aliphatic heterocycles. The van der Waals surface area contributed by atoms with Gasteiger partial charge in [-0.1, -0.05) is 32.9 Å². The van der Waals surface area contributed by atoms with Crippen molar-refractivity contribution in [2.24, 2.45) is 0 Å². The number of hydrogen-bond acceptors (Lipinski definition) is 8. The molecule has 10 heteroatoms. The van der Waals surface area contributed by atoms with E-state index in [0.29, 0.717) is 12.6 Å². The van der Waals surface area contributed by atoms with Crippen molar-refractivity contribution in [3.8, 4) is 6.07 Å². The molecule has 2 N–H and O–H groups in total. The smallest absolute Gasteiger partial charge is 0.242 e. The van der Waals surface area contributed by atoms with Crippen LogP contribution in [0, 0.1) is 11.3 Å². The van der Waals surface area contributed by atoms with Crippen molar-refractivity contribution in [3.05, 3.63) is 47.8 Å². The summed E-state index contributed by atoms with van der Waals surface area (Å²) in [5.41, 5.74) is 0.893. The first-order valence-electron chi connectivity index (χ1n) is 10.0. The molecule has 4 atom stereocenters. The van der Waals surface area contributed by atoms with Crippen LogP contribution in [-0.2, 0) is 24.9 Å². The molecule has 2 fully saturated rings. The molecule has 0 bridgehead atoms. The molecule has 0 amide bonds. The van der Waals surface area contributed by atoms with E-state index < -0.39 is 22.2 Å². The Labute approximate surface area is 181 Å². The van der Waals surface area contributed by atoms with Crippen molar-refractivity contribution in [2.45, 2.75) is 55.4 Å². The van der Waals surface area contributed by atoms with Crippen LogP contribution in [0.3, 0.4) is 0 Å². The average Bonchev–Trinajstić information content (AvgIpc) is 3.31. The number of benzene rings is 1. The number of rotatable bonds is 5. The number of nitrogens with zero attached hydrogens (tertiary/aromatic N) is 3. The van der Waals surface area contributed by atoms with Crippen LogP contribution < -0.4 is 10.0 Å². The Morgan fingerprint density at radius 2 is 1.77 bits per heavy atom. The number of anilines is 1. The van der Waals surface area contributed by atoms with Gasteiger partial charge in [-0.2, -0.15) is 5.26 Å². The Morgan fingerprint density at radius 3 is 2.48 bits per heavy atom. The van der Waals surface area contributed by atoms with Crippen molar-refractivity contribution in [3.63, 3.8) is 0 Å². The van der Waals surface area contributed by atoms with Gasteiger partial charge in [0.15, 0.2) is 0 Å². The van der Waals surface area contributed by atoms with Gasteiger partial charge >= 0.3 is 0 Å². The highest BCUT2D eigenvalue weighted by atomic mass is 32.2. The highest BCUT2D eigenvalue weighted by molar-refractivity contribution is 7.89. The van der Waals surface area contributed by atoms with Crippen molar-refractivity contribution >= 4 is 16.0 Å². The number of nitriles is 1. The summed E-state index contributed by atoms with van der Waals surface area (Å²) < 4.78 is 40.1. The Kier molecular flexibility index (Phi) is 5.70. The van der Waals surface area contributed by atoms with Crippen molar-refractivity contribution in [1.29, 1.82) is 5.26 Å². The second kappa shape index (κ2) is 8.16. The normalized spacial score (nSPS) is 25.7. The van der Waals surface area contributed by atoms with Crippen molar-refractivity contribution in [1.82, 2.24) is 14.7 Å². The Balaban J connectivity index is 1.46. The largest absolute Gasteiger partial charge is 0.371 e. The van der Waals surface area contributed by atoms with Gasteiger partial charge < -0.3 is 14.8 Å². The van der Waals surface area contributed by atoms with E-state index in [0.717, 1.165) is 5.69 Å². The van der Waals surface area contributed by atoms with Gasteiger partial charge in [0, 0.05) is 11.6 Å². The Bertz CT molecular complexity index is 1110. The molecule has 2 saturated heterocycles. The molecule has 1 aromatic carbocycles. The van der Waals surface area contributed by atoms with E-state index >= 15 is 0 Å². The molecule has 31 heavy (non-hydrogen) atoms. The third kappa shape index (κ3) is 4.41. The number of nitrogens with one attached hydrogen (secondary N) is 2. The molecule has 0 aliphatic carbocycles. The fourth-order valence-corrected chi connectivity index (χ4v) is 5.18. The molecule has 0 radical (unpaired) electrons. The zero-order chi connectivity index (χ0) is 22.2. The van der Waals surface area contributed by atoms with Crippen LogP contribution >= 0.6 is 0 Å². The molecule has 0 saturated carbocycles. The topological polar surface area (TPSA) is 126 Å². The average molecular weight is 444 g/mol. The van der Waals surface area contributed by atoms with Crippen LogP contribution in [0.25, 0.3) is 0 Å². The van der Waals surface area contributed by atoms with E-state index in [9.17, 15) is 13.7 Å². The lowest BCUT2D eigenvalue weighted by Gasteiger charge is -2.21. The van der Waals surface area contributed by atoms with Crippen LogP contribution in [0.15, 0.2) is 41.4 Å². The first-order valence-corrected chi connectivity index (χ1v) is 11.5. The van der Waals surface area contributed by atoms with Crippen LogP contribution in [0.2, 0.25) is 0 Å². The lowest BCUT2D eigenvalue weighted by Crippen LogP contribution is -2.44. The minimum Gasteiger partial charge on any atom is -0.371 e. The molecule has 164 valence electrons. The van der Waals surface area contributed by atoms with Crippen LogP contribution in [0.1, 0.15) is 32.0 Å². The monoisotopic (exact) mass is 443 g/mol. The SMILES string of the molecule is CC(C)(C)c1ccnc(N[C@H]2CO[C@H]3[C@@H]2OC[C@@H]3NS(=O)(=O)c2ccccc2C#N)n1. The van der Waals surface area contributed by atoms with Crippen molar-refractivity contribution in [2.75, 3.05) is 18.5 Å². The molecule has 2 aliphatic rings. The lowest BCUT2D eigenvalue weighted by atomic mass is 9.92. The molecule has 0 unspecified atom stereocenters. The van der Waals surface area contributed by atoms with Gasteiger partial charge in [0.25, 0.3) is 0 Å². The Morgan fingerprint density at radius 1 is 1.10 bits per heavy atom. The third-order valence-electron chi connectivity index (χ3n) is 5.40. The quantitative estimate of drug-likeness (QED) is 0.713. The molecule has 2 aromatic rings. The maximum atomic E-state index is 12.9. The molecular formula is C21H25N5O4S. The molecule has 1 aromatic heterocycles. The second-order valence-electron chi connectivity index (χ2n) is 8.70. The Hall–Kier alpha value is -2.58. The standard InChI is InChI=1S/C21H25N5O4S/c1-21(2,3)17-8-9-23-20(25-17)24-14-11-29-19-15(12-30-18(14)19)26-31(27,28)16-7-5-4-6-13(16)10-22/h4-9,14-15,18-19,26H,11-12H2,1-3H3,(H,23,24,25)/t14-,15-,18+,19+/m0/s1. The predicted molar refractivity (Wildman–Crippen MR) is 113 cm³/mol. The maximum absolute atomic E-state index is 12.9. The van der Waals surface area contributed by atoms with Gasteiger partial charge in [0.05, 0.1) is 41.5 Å². The highest BCUT2D eigenvalue weighted by Crippen LogP contribution is 2.30. The van der Waals surface area contributed by atoms with Crippen LogP contribution in [-0.4, -0.2) is 55.9 Å². The van der Waals surface area contributed by atoms with Crippen molar-refractivity contribution < 1.29 is 17.9 Å². The fraction of sp³-hybridized carbons (Fsp3) is 0.476. The van der Waals surface area contributed by atoms with E-state index in [2.05, 4.69) is 40.8 Å². The summed E-state index contributed by atoms with van der Waals surface area (Å²) in [6.07, 6.45) is 0.913. The summed E-state index contributed by atoms with van der Waals surface area (Å²) in [7, 11) is -3.90. The van der Waals surface area contributed by atoms with E-state index in [1.807, 2.05) is 12.1 Å². The van der Waals surface area contributed by atoms with Crippen LogP contribution in [0.5, 0.6) is 0 Å². The summed E-state index contributed by atoms with van der Waals surface area (Å²) >= 11 is 0. The fourth-order valence-electron chi connectivity index (χ4n) is 3.79. The summed E-state index contributed by atoms with van der Waals surface area (Å²) in [4.78, 5) is 8.82. The lowest BCUT2D eigenvalue weighted by molar-refractivity contribution is 0.0690. The number of aromatic nitrogens is 2. The highest BCUT2D eigenvalue weighted by Gasteiger charge is 2.49. The van der Waals surface area contributed by atoms with Gasteiger partial charge in [0.2, 0.25) is 16.0 Å². The zero-order valence-corrected chi connectivity index (χ0v) is 18.4. The first-order chi connectivity index (χ1) is 14.7. The number of ether oxygens (including phenoxy) is 2. The maximum Gasteiger partial charge on any atom is 0.242 e. The molecule has 3 heterocycles. The number of hydrogen-bond donors (Lipinski definition) is 2. The molecule has 4 rings (SSSR count). The summed E-state index contributed by atoms with van der Waals surface area (Å²) in [5.74, 6) is 0.484. The predicted octanol–water partition coefficient (Wildman–Crippen LogP) is 1.57. The summed E-state index contributed by atoms with van der Waals surface area (Å²) in [6, 6.07) is 9.13. The zero-order valence-electron chi connectivity index (χ0n) is 17.6. The molecular weight excluding hydrogens is 418 g/mol. The van der Waals surface area contributed by atoms with E-state index in [1.54, 1.807) is 18.3 Å². The van der Waals surface area contributed by atoms with Gasteiger partial charge in [-0.3, -0.25) is 0 Å². The summed E-state index contributed by atoms with van der Waals surface area (Å²) in [6.45, 7) is 6.75.